The maximum atomic E-state index is 11.4. The van der Waals surface area contributed by atoms with Crippen LogP contribution in [0.3, 0.4) is 0 Å². The van der Waals surface area contributed by atoms with E-state index in [9.17, 15) is 4.79 Å². The molecule has 1 saturated carbocycles. The van der Waals surface area contributed by atoms with Gasteiger partial charge < -0.3 is 9.47 Å². The Bertz CT molecular complexity index is 219. The molecule has 0 saturated heterocycles. The zero-order valence-corrected chi connectivity index (χ0v) is 10.2. The molecular weight excluding hydrogens is 192 g/mol. The second kappa shape index (κ2) is 5.08. The first-order valence-corrected chi connectivity index (χ1v) is 5.57. The number of rotatable bonds is 5. The summed E-state index contributed by atoms with van der Waals surface area (Å²) in [5.74, 6) is 0.884. The number of carbonyl (C=O) groups is 1. The van der Waals surface area contributed by atoms with E-state index in [1.807, 2.05) is 0 Å². The Balaban J connectivity index is 2.41. The van der Waals surface area contributed by atoms with Gasteiger partial charge >= 0.3 is 0 Å². The van der Waals surface area contributed by atoms with Crippen molar-refractivity contribution in [2.75, 3.05) is 14.2 Å². The summed E-state index contributed by atoms with van der Waals surface area (Å²) in [6, 6.07) is 0. The monoisotopic (exact) mass is 214 g/mol. The number of methoxy groups -OCH3 is 2. The average molecular weight is 214 g/mol. The van der Waals surface area contributed by atoms with E-state index in [1.54, 1.807) is 14.2 Å². The Hall–Kier alpha value is -0.410. The minimum Gasteiger partial charge on any atom is -0.356 e. The second-order valence-electron chi connectivity index (χ2n) is 5.08. The van der Waals surface area contributed by atoms with E-state index in [0.717, 1.165) is 25.7 Å². The molecule has 0 heterocycles. The van der Waals surface area contributed by atoms with Gasteiger partial charge in [-0.2, -0.15) is 0 Å². The Morgan fingerprint density at radius 2 is 2.00 bits per heavy atom. The van der Waals surface area contributed by atoms with Crippen LogP contribution in [0.1, 0.15) is 39.5 Å². The second-order valence-corrected chi connectivity index (χ2v) is 5.08. The van der Waals surface area contributed by atoms with Crippen molar-refractivity contribution < 1.29 is 14.3 Å². The van der Waals surface area contributed by atoms with Crippen LogP contribution in [0, 0.1) is 11.3 Å². The van der Waals surface area contributed by atoms with Crippen LogP contribution in [0.15, 0.2) is 0 Å². The number of Topliss-reactive ketones (excluding diaryl/α,β-unsaturated/α-hetero) is 1. The van der Waals surface area contributed by atoms with Crippen LogP contribution in [0.4, 0.5) is 0 Å². The van der Waals surface area contributed by atoms with Crippen LogP contribution in [-0.4, -0.2) is 26.3 Å². The van der Waals surface area contributed by atoms with E-state index >= 15 is 0 Å². The lowest BCUT2D eigenvalue weighted by Crippen LogP contribution is -2.21. The lowest BCUT2D eigenvalue weighted by Gasteiger charge is -2.27. The first-order valence-electron chi connectivity index (χ1n) is 5.57. The third-order valence-electron chi connectivity index (χ3n) is 3.51. The van der Waals surface area contributed by atoms with Crippen molar-refractivity contribution in [3.63, 3.8) is 0 Å². The molecule has 3 heteroatoms. The summed E-state index contributed by atoms with van der Waals surface area (Å²) in [7, 11) is 3.30. The van der Waals surface area contributed by atoms with Crippen molar-refractivity contribution >= 4 is 5.78 Å². The summed E-state index contributed by atoms with van der Waals surface area (Å²) in [5.41, 5.74) is 0.156. The molecule has 0 aromatic rings. The smallest absolute Gasteiger partial charge is 0.156 e. The van der Waals surface area contributed by atoms with Gasteiger partial charge in [-0.3, -0.25) is 4.79 Å². The van der Waals surface area contributed by atoms with Gasteiger partial charge in [-0.1, -0.05) is 13.8 Å². The van der Waals surface area contributed by atoms with Crippen molar-refractivity contribution in [1.82, 2.24) is 0 Å². The summed E-state index contributed by atoms with van der Waals surface area (Å²) in [4.78, 5) is 11.4. The first-order chi connectivity index (χ1) is 6.99. The molecule has 0 spiro atoms. The highest BCUT2D eigenvalue weighted by Crippen LogP contribution is 2.43. The fourth-order valence-electron chi connectivity index (χ4n) is 2.44. The molecule has 1 atom stereocenters. The molecule has 15 heavy (non-hydrogen) atoms. The number of carbonyl (C=O) groups excluding carboxylic acids is 1. The van der Waals surface area contributed by atoms with E-state index in [0.29, 0.717) is 11.7 Å². The first kappa shape index (κ1) is 12.7. The van der Waals surface area contributed by atoms with Gasteiger partial charge in [0.2, 0.25) is 0 Å². The molecule has 0 amide bonds. The number of hydrogen-bond donors (Lipinski definition) is 0. The van der Waals surface area contributed by atoms with E-state index in [4.69, 9.17) is 9.47 Å². The predicted octanol–water partition coefficient (Wildman–Crippen LogP) is 2.39. The Labute approximate surface area is 92.1 Å². The molecule has 88 valence electrons. The van der Waals surface area contributed by atoms with Crippen LogP contribution in [-0.2, 0) is 14.3 Å². The van der Waals surface area contributed by atoms with Gasteiger partial charge in [0.1, 0.15) is 5.78 Å². The molecule has 0 aromatic heterocycles. The number of ketones is 1. The minimum absolute atomic E-state index is 0.128. The summed E-state index contributed by atoms with van der Waals surface area (Å²) in [6.07, 6.45) is 3.20. The summed E-state index contributed by atoms with van der Waals surface area (Å²) in [5, 5.41) is 0. The standard InChI is InChI=1S/C12H22O3/c1-12(2)8-10(13)7-9(12)5-6-11(14-3)15-4/h9,11H,5-8H2,1-4H3/t9-/m1/s1. The molecule has 0 radical (unpaired) electrons. The highest BCUT2D eigenvalue weighted by molar-refractivity contribution is 5.81. The molecular formula is C12H22O3. The van der Waals surface area contributed by atoms with Gasteiger partial charge in [-0.25, -0.2) is 0 Å². The third kappa shape index (κ3) is 3.28. The quantitative estimate of drug-likeness (QED) is 0.659. The van der Waals surface area contributed by atoms with Crippen LogP contribution >= 0.6 is 0 Å². The topological polar surface area (TPSA) is 35.5 Å². The lowest BCUT2D eigenvalue weighted by atomic mass is 9.79. The molecule has 0 unspecified atom stereocenters. The molecule has 0 aromatic carbocycles. The SMILES string of the molecule is COC(CC[C@@H]1CC(=O)CC1(C)C)OC. The Kier molecular flexibility index (Phi) is 4.29. The maximum absolute atomic E-state index is 11.4. The van der Waals surface area contributed by atoms with Crippen LogP contribution in [0.2, 0.25) is 0 Å². The Morgan fingerprint density at radius 1 is 1.40 bits per heavy atom. The van der Waals surface area contributed by atoms with Crippen molar-refractivity contribution in [2.45, 2.75) is 45.8 Å². The zero-order valence-electron chi connectivity index (χ0n) is 10.2. The lowest BCUT2D eigenvalue weighted by molar-refractivity contribution is -0.118. The molecule has 1 aliphatic carbocycles. The minimum atomic E-state index is -0.128. The Morgan fingerprint density at radius 3 is 2.40 bits per heavy atom. The largest absolute Gasteiger partial charge is 0.356 e. The van der Waals surface area contributed by atoms with Crippen molar-refractivity contribution in [3.8, 4) is 0 Å². The molecule has 1 aliphatic rings. The van der Waals surface area contributed by atoms with Gasteiger partial charge in [0.25, 0.3) is 0 Å². The maximum Gasteiger partial charge on any atom is 0.156 e. The van der Waals surface area contributed by atoms with Crippen LogP contribution in [0.5, 0.6) is 0 Å². The molecule has 0 bridgehead atoms. The number of ether oxygens (including phenoxy) is 2. The van der Waals surface area contributed by atoms with Gasteiger partial charge in [-0.15, -0.1) is 0 Å². The van der Waals surface area contributed by atoms with Crippen LogP contribution in [0.25, 0.3) is 0 Å². The van der Waals surface area contributed by atoms with Crippen LogP contribution < -0.4 is 0 Å². The highest BCUT2D eigenvalue weighted by atomic mass is 16.7. The van der Waals surface area contributed by atoms with Gasteiger partial charge in [0.05, 0.1) is 0 Å². The van der Waals surface area contributed by atoms with E-state index in [1.165, 1.54) is 0 Å². The normalized spacial score (nSPS) is 25.1. The fraction of sp³-hybridized carbons (Fsp3) is 0.917. The summed E-state index contributed by atoms with van der Waals surface area (Å²) in [6.45, 7) is 4.36. The number of hydrogen-bond acceptors (Lipinski definition) is 3. The molecule has 0 aliphatic heterocycles. The summed E-state index contributed by atoms with van der Waals surface area (Å²) < 4.78 is 10.3. The van der Waals surface area contributed by atoms with E-state index in [-0.39, 0.29) is 11.7 Å². The molecule has 3 nitrogen and oxygen atoms in total. The predicted molar refractivity (Wildman–Crippen MR) is 58.6 cm³/mol. The molecule has 1 fully saturated rings. The van der Waals surface area contributed by atoms with Gasteiger partial charge in [-0.05, 0) is 24.2 Å². The third-order valence-corrected chi connectivity index (χ3v) is 3.51. The van der Waals surface area contributed by atoms with E-state index in [2.05, 4.69) is 13.8 Å². The zero-order chi connectivity index (χ0) is 11.5. The van der Waals surface area contributed by atoms with Crippen molar-refractivity contribution in [3.05, 3.63) is 0 Å². The van der Waals surface area contributed by atoms with Gasteiger partial charge in [0.15, 0.2) is 6.29 Å². The molecule has 0 N–H and O–H groups in total. The van der Waals surface area contributed by atoms with E-state index < -0.39 is 0 Å². The highest BCUT2D eigenvalue weighted by Gasteiger charge is 2.39. The average Bonchev–Trinajstić information content (AvgIpc) is 2.41. The summed E-state index contributed by atoms with van der Waals surface area (Å²) >= 11 is 0. The van der Waals surface area contributed by atoms with Crippen molar-refractivity contribution in [2.24, 2.45) is 11.3 Å². The van der Waals surface area contributed by atoms with Gasteiger partial charge in [0, 0.05) is 27.1 Å². The fourth-order valence-corrected chi connectivity index (χ4v) is 2.44. The van der Waals surface area contributed by atoms with Crippen molar-refractivity contribution in [1.29, 1.82) is 0 Å². The molecule has 1 rings (SSSR count).